The summed E-state index contributed by atoms with van der Waals surface area (Å²) in [6.45, 7) is 7.00. The van der Waals surface area contributed by atoms with Gasteiger partial charge in [0.2, 0.25) is 0 Å². The highest BCUT2D eigenvalue weighted by Gasteiger charge is 2.29. The third kappa shape index (κ3) is 6.02. The Morgan fingerprint density at radius 2 is 1.97 bits per heavy atom. The van der Waals surface area contributed by atoms with Crippen molar-refractivity contribution in [2.75, 3.05) is 0 Å². The lowest BCUT2D eigenvalue weighted by Gasteiger charge is -2.20. The predicted molar refractivity (Wildman–Crippen MR) is 108 cm³/mol. The smallest absolute Gasteiger partial charge is 0.271 e. The molecule has 0 heterocycles. The van der Waals surface area contributed by atoms with Gasteiger partial charge in [-0.1, -0.05) is 37.1 Å². The first-order valence-corrected chi connectivity index (χ1v) is 9.58. The topological polar surface area (TPSA) is 62.1 Å². The molecule has 2 aromatic carbocycles. The highest BCUT2D eigenvalue weighted by Crippen LogP contribution is 2.32. The summed E-state index contributed by atoms with van der Waals surface area (Å²) >= 11 is 0. The lowest BCUT2D eigenvalue weighted by Crippen LogP contribution is -2.38. The van der Waals surface area contributed by atoms with Crippen molar-refractivity contribution < 1.29 is 18.3 Å². The fraction of sp³-hybridized carbons (Fsp3) is 0.391. The maximum Gasteiger partial charge on any atom is 0.271 e. The standard InChI is InChI=1S/C23H26F2N2O2/c1-5-6-21(22(28)27-14-18-8-7-15(2)11-16(18)3)29-19-10-9-17(13-26)20(12-19)23(4,24)25/h7-12,21H,5-6,14H2,1-4H3,(H,27,28). The first kappa shape index (κ1) is 22.4. The Balaban J connectivity index is 2.15. The van der Waals surface area contributed by atoms with Crippen molar-refractivity contribution >= 4 is 5.91 Å². The van der Waals surface area contributed by atoms with Gasteiger partial charge in [0, 0.05) is 19.0 Å². The van der Waals surface area contributed by atoms with E-state index in [9.17, 15) is 13.6 Å². The number of ether oxygens (including phenoxy) is 1. The van der Waals surface area contributed by atoms with E-state index in [-0.39, 0.29) is 17.2 Å². The maximum atomic E-state index is 13.8. The molecule has 1 atom stereocenters. The summed E-state index contributed by atoms with van der Waals surface area (Å²) < 4.78 is 33.4. The highest BCUT2D eigenvalue weighted by atomic mass is 19.3. The molecule has 1 amide bonds. The molecule has 154 valence electrons. The van der Waals surface area contributed by atoms with Crippen LogP contribution in [-0.4, -0.2) is 12.0 Å². The third-order valence-corrected chi connectivity index (χ3v) is 4.66. The predicted octanol–water partition coefficient (Wildman–Crippen LogP) is 5.15. The van der Waals surface area contributed by atoms with Crippen LogP contribution < -0.4 is 10.1 Å². The number of rotatable bonds is 8. The van der Waals surface area contributed by atoms with Crippen LogP contribution in [0.4, 0.5) is 8.78 Å². The molecule has 0 aliphatic carbocycles. The molecule has 0 spiro atoms. The molecule has 0 fully saturated rings. The Hall–Kier alpha value is -2.94. The zero-order valence-electron chi connectivity index (χ0n) is 17.2. The minimum Gasteiger partial charge on any atom is -0.481 e. The summed E-state index contributed by atoms with van der Waals surface area (Å²) in [6, 6.07) is 11.6. The quantitative estimate of drug-likeness (QED) is 0.666. The van der Waals surface area contributed by atoms with Crippen LogP contribution in [0, 0.1) is 25.2 Å². The number of amides is 1. The van der Waals surface area contributed by atoms with Gasteiger partial charge in [0.1, 0.15) is 5.75 Å². The molecule has 0 aliphatic heterocycles. The van der Waals surface area contributed by atoms with Gasteiger partial charge in [0.15, 0.2) is 6.10 Å². The Morgan fingerprint density at radius 3 is 2.55 bits per heavy atom. The number of hydrogen-bond donors (Lipinski definition) is 1. The van der Waals surface area contributed by atoms with Crippen LogP contribution in [0.1, 0.15) is 54.5 Å². The summed E-state index contributed by atoms with van der Waals surface area (Å²) in [5.41, 5.74) is 2.71. The van der Waals surface area contributed by atoms with Gasteiger partial charge in [-0.15, -0.1) is 0 Å². The van der Waals surface area contributed by atoms with E-state index in [1.165, 1.54) is 12.1 Å². The van der Waals surface area contributed by atoms with Gasteiger partial charge < -0.3 is 10.1 Å². The normalized spacial score (nSPS) is 12.2. The summed E-state index contributed by atoms with van der Waals surface area (Å²) in [7, 11) is 0. The number of benzene rings is 2. The summed E-state index contributed by atoms with van der Waals surface area (Å²) in [4.78, 5) is 12.7. The monoisotopic (exact) mass is 400 g/mol. The molecule has 4 nitrogen and oxygen atoms in total. The number of hydrogen-bond acceptors (Lipinski definition) is 3. The van der Waals surface area contributed by atoms with Gasteiger partial charge in [-0.3, -0.25) is 4.79 Å². The Labute approximate surface area is 170 Å². The number of nitrogens with one attached hydrogen (secondary N) is 1. The van der Waals surface area contributed by atoms with E-state index in [0.717, 1.165) is 29.7 Å². The van der Waals surface area contributed by atoms with Crippen molar-refractivity contribution in [2.45, 2.75) is 59.1 Å². The fourth-order valence-corrected chi connectivity index (χ4v) is 3.07. The molecule has 0 saturated carbocycles. The zero-order valence-corrected chi connectivity index (χ0v) is 17.2. The third-order valence-electron chi connectivity index (χ3n) is 4.66. The van der Waals surface area contributed by atoms with Crippen molar-refractivity contribution in [1.29, 1.82) is 5.26 Å². The maximum absolute atomic E-state index is 13.8. The molecule has 0 radical (unpaired) electrons. The van der Waals surface area contributed by atoms with Crippen LogP contribution in [0.15, 0.2) is 36.4 Å². The van der Waals surface area contributed by atoms with Crippen molar-refractivity contribution in [1.82, 2.24) is 5.32 Å². The molecule has 2 aromatic rings. The van der Waals surface area contributed by atoms with Gasteiger partial charge in [-0.05, 0) is 49.6 Å². The molecule has 0 bridgehead atoms. The summed E-state index contributed by atoms with van der Waals surface area (Å²) in [6.07, 6.45) is 0.322. The second-order valence-electron chi connectivity index (χ2n) is 7.25. The van der Waals surface area contributed by atoms with Crippen molar-refractivity contribution in [3.8, 4) is 11.8 Å². The van der Waals surface area contributed by atoms with E-state index >= 15 is 0 Å². The van der Waals surface area contributed by atoms with Crippen LogP contribution in [0.5, 0.6) is 5.75 Å². The fourth-order valence-electron chi connectivity index (χ4n) is 3.07. The lowest BCUT2D eigenvalue weighted by molar-refractivity contribution is -0.128. The molecule has 29 heavy (non-hydrogen) atoms. The van der Waals surface area contributed by atoms with Crippen LogP contribution in [-0.2, 0) is 17.3 Å². The SMILES string of the molecule is CCCC(Oc1ccc(C#N)c(C(C)(F)F)c1)C(=O)NCc1ccc(C)cc1C. The Kier molecular flexibility index (Phi) is 7.33. The average Bonchev–Trinajstić information content (AvgIpc) is 2.66. The summed E-state index contributed by atoms with van der Waals surface area (Å²) in [5, 5.41) is 11.9. The van der Waals surface area contributed by atoms with Crippen molar-refractivity contribution in [3.63, 3.8) is 0 Å². The van der Waals surface area contributed by atoms with Crippen molar-refractivity contribution in [3.05, 3.63) is 64.2 Å². The number of aryl methyl sites for hydroxylation is 2. The number of carbonyl (C=O) groups is 1. The minimum atomic E-state index is -3.18. The molecule has 2 rings (SSSR count). The van der Waals surface area contributed by atoms with Crippen LogP contribution in [0.2, 0.25) is 0 Å². The molecule has 0 aromatic heterocycles. The van der Waals surface area contributed by atoms with E-state index in [1.54, 1.807) is 6.07 Å². The van der Waals surface area contributed by atoms with Gasteiger partial charge in [0.25, 0.3) is 11.8 Å². The van der Waals surface area contributed by atoms with E-state index in [0.29, 0.717) is 19.4 Å². The average molecular weight is 400 g/mol. The van der Waals surface area contributed by atoms with Gasteiger partial charge in [0.05, 0.1) is 11.6 Å². The van der Waals surface area contributed by atoms with Gasteiger partial charge >= 0.3 is 0 Å². The van der Waals surface area contributed by atoms with Crippen LogP contribution >= 0.6 is 0 Å². The molecule has 1 unspecified atom stereocenters. The minimum absolute atomic E-state index is 0.115. The van der Waals surface area contributed by atoms with E-state index in [2.05, 4.69) is 5.32 Å². The summed E-state index contributed by atoms with van der Waals surface area (Å²) in [5.74, 6) is -3.35. The molecule has 0 saturated heterocycles. The molecular formula is C23H26F2N2O2. The highest BCUT2D eigenvalue weighted by molar-refractivity contribution is 5.81. The van der Waals surface area contributed by atoms with Crippen LogP contribution in [0.3, 0.4) is 0 Å². The van der Waals surface area contributed by atoms with Gasteiger partial charge in [-0.25, -0.2) is 8.78 Å². The first-order valence-electron chi connectivity index (χ1n) is 9.58. The van der Waals surface area contributed by atoms with Crippen LogP contribution in [0.25, 0.3) is 0 Å². The second kappa shape index (κ2) is 9.51. The molecular weight excluding hydrogens is 374 g/mol. The number of alkyl halides is 2. The molecule has 0 aliphatic rings. The number of halogens is 2. The van der Waals surface area contributed by atoms with E-state index < -0.39 is 17.6 Å². The largest absolute Gasteiger partial charge is 0.481 e. The Morgan fingerprint density at radius 1 is 1.24 bits per heavy atom. The van der Waals surface area contributed by atoms with Crippen molar-refractivity contribution in [2.24, 2.45) is 0 Å². The zero-order chi connectivity index (χ0) is 21.6. The van der Waals surface area contributed by atoms with E-state index in [4.69, 9.17) is 10.00 Å². The van der Waals surface area contributed by atoms with E-state index in [1.807, 2.05) is 39.0 Å². The molecule has 1 N–H and O–H groups in total. The Bertz CT molecular complexity index is 914. The number of carbonyl (C=O) groups excluding carboxylic acids is 1. The number of nitrogens with zero attached hydrogens (tertiary/aromatic N) is 1. The lowest BCUT2D eigenvalue weighted by atomic mass is 10.0. The second-order valence-corrected chi connectivity index (χ2v) is 7.25. The first-order chi connectivity index (χ1) is 13.7. The number of nitriles is 1. The van der Waals surface area contributed by atoms with Gasteiger partial charge in [-0.2, -0.15) is 5.26 Å². The molecule has 6 heteroatoms.